The van der Waals surface area contributed by atoms with Gasteiger partial charge in [-0.2, -0.15) is 0 Å². The summed E-state index contributed by atoms with van der Waals surface area (Å²) < 4.78 is 1.46. The number of hydrogen-bond donors (Lipinski definition) is 0. The molecule has 0 rings (SSSR count). The van der Waals surface area contributed by atoms with Gasteiger partial charge in [0.05, 0.1) is 0 Å². The van der Waals surface area contributed by atoms with Crippen LogP contribution in [0.4, 0.5) is 0 Å². The second-order valence-electron chi connectivity index (χ2n) is 2.52. The predicted octanol–water partition coefficient (Wildman–Crippen LogP) is 2.40. The molecule has 0 aromatic carbocycles. The topological polar surface area (TPSA) is 90.0 Å². The molecule has 0 unspecified atom stereocenters. The summed E-state index contributed by atoms with van der Waals surface area (Å²) in [7, 11) is 0. The van der Waals surface area contributed by atoms with Gasteiger partial charge in [0.15, 0.2) is 0 Å². The van der Waals surface area contributed by atoms with Crippen molar-refractivity contribution in [1.82, 2.24) is 0 Å². The van der Waals surface area contributed by atoms with E-state index >= 15 is 0 Å². The van der Waals surface area contributed by atoms with E-state index in [0.29, 0.717) is 0 Å². The van der Waals surface area contributed by atoms with Gasteiger partial charge in [-0.1, -0.05) is 0 Å². The summed E-state index contributed by atoms with van der Waals surface area (Å²) in [5.41, 5.74) is 0. The van der Waals surface area contributed by atoms with E-state index in [-0.39, 0.29) is 16.4 Å². The van der Waals surface area contributed by atoms with Crippen molar-refractivity contribution in [3.63, 3.8) is 0 Å². The maximum Gasteiger partial charge on any atom is -0.870 e. The summed E-state index contributed by atoms with van der Waals surface area (Å²) >= 11 is 1.71. The third-order valence-electron chi connectivity index (χ3n) is 1.53. The van der Waals surface area contributed by atoms with Crippen LogP contribution >= 0.6 is 0 Å². The van der Waals surface area contributed by atoms with E-state index in [2.05, 4.69) is 6.92 Å². The summed E-state index contributed by atoms with van der Waals surface area (Å²) in [5, 5.41) is 0. The fraction of sp³-hybridized carbons (Fsp3) is 1.00. The molecule has 0 spiro atoms. The maximum absolute atomic E-state index is 2.27. The average molecular weight is 283 g/mol. The number of unbranched alkanes of at least 4 members (excludes halogenated alkanes) is 5. The first-order chi connectivity index (χ1) is 4.41. The largest absolute Gasteiger partial charge is 0.870 e. The van der Waals surface area contributed by atoms with Crippen LogP contribution in [-0.4, -0.2) is 39.0 Å². The van der Waals surface area contributed by atoms with Gasteiger partial charge in [-0.15, -0.1) is 0 Å². The summed E-state index contributed by atoms with van der Waals surface area (Å²) in [6, 6.07) is 0. The quantitative estimate of drug-likeness (QED) is 0.553. The van der Waals surface area contributed by atoms with E-state index < -0.39 is 0 Å². The first kappa shape index (κ1) is 23.0. The van der Waals surface area contributed by atoms with Crippen LogP contribution in [0.2, 0.25) is 4.44 Å². The van der Waals surface area contributed by atoms with Crippen LogP contribution < -0.4 is 0 Å². The minimum Gasteiger partial charge on any atom is -0.870 e. The van der Waals surface area contributed by atoms with E-state index in [1.165, 1.54) is 43.0 Å². The SMILES string of the molecule is CCCCCCC[CH2][Sn+3].[OH-].[OH-].[OH-]. The van der Waals surface area contributed by atoms with Crippen LogP contribution in [0, 0.1) is 0 Å². The Morgan fingerprint density at radius 2 is 1.17 bits per heavy atom. The molecular weight excluding hydrogens is 263 g/mol. The van der Waals surface area contributed by atoms with Crippen molar-refractivity contribution in [1.29, 1.82) is 0 Å². The molecule has 0 aliphatic rings. The molecule has 0 radical (unpaired) electrons. The van der Waals surface area contributed by atoms with Crippen LogP contribution in [0.3, 0.4) is 0 Å². The Morgan fingerprint density at radius 3 is 1.58 bits per heavy atom. The van der Waals surface area contributed by atoms with Crippen molar-refractivity contribution in [3.05, 3.63) is 0 Å². The monoisotopic (exact) mass is 284 g/mol. The van der Waals surface area contributed by atoms with E-state index in [9.17, 15) is 0 Å². The van der Waals surface area contributed by atoms with Crippen LogP contribution in [-0.2, 0) is 0 Å². The Hall–Kier alpha value is 0.679. The Kier molecular flexibility index (Phi) is 43.2. The van der Waals surface area contributed by atoms with Gasteiger partial charge in [-0.3, -0.25) is 0 Å². The van der Waals surface area contributed by atoms with E-state index in [1.54, 1.807) is 22.5 Å². The molecule has 0 aromatic heterocycles. The zero-order valence-electron chi connectivity index (χ0n) is 7.79. The molecule has 0 saturated heterocycles. The zero-order valence-corrected chi connectivity index (χ0v) is 10.6. The third kappa shape index (κ3) is 22.4. The van der Waals surface area contributed by atoms with Crippen LogP contribution in [0.1, 0.15) is 45.4 Å². The smallest absolute Gasteiger partial charge is 0.870 e. The van der Waals surface area contributed by atoms with Crippen molar-refractivity contribution in [2.45, 2.75) is 49.9 Å². The van der Waals surface area contributed by atoms with E-state index in [4.69, 9.17) is 0 Å². The van der Waals surface area contributed by atoms with Crippen molar-refractivity contribution in [2.75, 3.05) is 0 Å². The standard InChI is InChI=1S/C8H17.3H2O.Sn/c1-3-5-7-8-6-4-2;;;;/h1,3-8H2,2H3;3*1H2;/q;;;;+3/p-3. The molecule has 0 saturated carbocycles. The molecule has 3 N–H and O–H groups in total. The van der Waals surface area contributed by atoms with Crippen molar-refractivity contribution >= 4 is 22.5 Å². The molecule has 0 aliphatic heterocycles. The summed E-state index contributed by atoms with van der Waals surface area (Å²) in [4.78, 5) is 0. The summed E-state index contributed by atoms with van der Waals surface area (Å²) in [5.74, 6) is 0. The first-order valence-corrected chi connectivity index (χ1v) is 6.08. The number of hydrogen-bond acceptors (Lipinski definition) is 3. The molecule has 3 nitrogen and oxygen atoms in total. The summed E-state index contributed by atoms with van der Waals surface area (Å²) in [6.07, 6.45) is 8.71. The molecule has 0 aliphatic carbocycles. The van der Waals surface area contributed by atoms with Gasteiger partial charge in [0.25, 0.3) is 0 Å². The molecule has 4 heteroatoms. The molecule has 0 aromatic rings. The fourth-order valence-corrected chi connectivity index (χ4v) is 1.62. The number of rotatable bonds is 6. The maximum atomic E-state index is 2.27. The van der Waals surface area contributed by atoms with Crippen LogP contribution in [0.5, 0.6) is 0 Å². The Morgan fingerprint density at radius 1 is 0.750 bits per heavy atom. The van der Waals surface area contributed by atoms with Crippen LogP contribution in [0.25, 0.3) is 0 Å². The predicted molar refractivity (Wildman–Crippen MR) is 49.7 cm³/mol. The average Bonchev–Trinajstić information content (AvgIpc) is 1.89. The molecule has 0 amide bonds. The molecular formula is C8H20O3Sn. The van der Waals surface area contributed by atoms with Crippen molar-refractivity contribution < 1.29 is 16.4 Å². The minimum absolute atomic E-state index is 0. The second kappa shape index (κ2) is 22.6. The summed E-state index contributed by atoms with van der Waals surface area (Å²) in [6.45, 7) is 2.27. The van der Waals surface area contributed by atoms with Gasteiger partial charge < -0.3 is 16.4 Å². The first-order valence-electron chi connectivity index (χ1n) is 4.06. The Balaban J connectivity index is -0.000000107. The molecule has 0 heterocycles. The molecule has 12 heavy (non-hydrogen) atoms. The Bertz CT molecular complexity index is 47.6. The molecule has 0 fully saturated rings. The third-order valence-corrected chi connectivity index (χ3v) is 2.54. The van der Waals surface area contributed by atoms with E-state index in [0.717, 1.165) is 0 Å². The second-order valence-corrected chi connectivity index (χ2v) is 3.94. The van der Waals surface area contributed by atoms with Gasteiger partial charge in [0.2, 0.25) is 0 Å². The van der Waals surface area contributed by atoms with Gasteiger partial charge in [0.1, 0.15) is 0 Å². The van der Waals surface area contributed by atoms with Crippen molar-refractivity contribution in [2.24, 2.45) is 0 Å². The molecule has 0 atom stereocenters. The molecule has 74 valence electrons. The van der Waals surface area contributed by atoms with Gasteiger partial charge >= 0.3 is 72.4 Å². The minimum atomic E-state index is 0. The van der Waals surface area contributed by atoms with Gasteiger partial charge in [0, 0.05) is 0 Å². The van der Waals surface area contributed by atoms with Gasteiger partial charge in [-0.25, -0.2) is 0 Å². The van der Waals surface area contributed by atoms with Crippen molar-refractivity contribution in [3.8, 4) is 0 Å². The van der Waals surface area contributed by atoms with Crippen LogP contribution in [0.15, 0.2) is 0 Å². The van der Waals surface area contributed by atoms with Gasteiger partial charge in [-0.05, 0) is 0 Å². The normalized spacial score (nSPS) is 7.58. The molecule has 0 bridgehead atoms. The fourth-order valence-electron chi connectivity index (χ4n) is 0.905. The zero-order chi connectivity index (χ0) is 6.95. The Labute approximate surface area is 88.9 Å². The van der Waals surface area contributed by atoms with E-state index in [1.807, 2.05) is 0 Å².